The van der Waals surface area contributed by atoms with Crippen molar-refractivity contribution in [2.75, 3.05) is 6.54 Å². The van der Waals surface area contributed by atoms with Crippen molar-refractivity contribution in [2.24, 2.45) is 0 Å². The van der Waals surface area contributed by atoms with Crippen LogP contribution in [0.25, 0.3) is 0 Å². The molecule has 0 saturated carbocycles. The zero-order chi connectivity index (χ0) is 9.10. The summed E-state index contributed by atoms with van der Waals surface area (Å²) in [5.74, 6) is 0. The topological polar surface area (TPSA) is 34.0 Å². The summed E-state index contributed by atoms with van der Waals surface area (Å²) in [6.07, 6.45) is 6.21. The number of pyridine rings is 1. The molecule has 0 bridgehead atoms. The van der Waals surface area contributed by atoms with E-state index < -0.39 is 0 Å². The molecule has 0 unspecified atom stereocenters. The standard InChI is InChI=1S/C10H14N2O/c13-10-3-6-12(7-4-10)8-9-2-1-5-11-9/h3-4,6-7,9,11H,1-2,5,8H2/t9-/m1/s1. The first-order chi connectivity index (χ1) is 6.34. The number of hydrogen-bond acceptors (Lipinski definition) is 2. The Balaban J connectivity index is 2.00. The molecule has 1 aromatic rings. The quantitative estimate of drug-likeness (QED) is 0.719. The lowest BCUT2D eigenvalue weighted by atomic mass is 10.2. The fourth-order valence-corrected chi connectivity index (χ4v) is 1.73. The van der Waals surface area contributed by atoms with Gasteiger partial charge in [-0.2, -0.15) is 0 Å². The summed E-state index contributed by atoms with van der Waals surface area (Å²) in [5.41, 5.74) is 0.0793. The van der Waals surface area contributed by atoms with E-state index in [1.807, 2.05) is 12.4 Å². The third-order valence-electron chi connectivity index (χ3n) is 2.45. The van der Waals surface area contributed by atoms with Crippen molar-refractivity contribution in [2.45, 2.75) is 25.4 Å². The van der Waals surface area contributed by atoms with Crippen LogP contribution in [0.15, 0.2) is 29.3 Å². The normalized spacial score (nSPS) is 22.0. The van der Waals surface area contributed by atoms with Gasteiger partial charge in [-0.15, -0.1) is 0 Å². The Bertz CT molecular complexity index is 305. The van der Waals surface area contributed by atoms with Gasteiger partial charge in [0.1, 0.15) is 0 Å². The van der Waals surface area contributed by atoms with Crippen LogP contribution in [0.1, 0.15) is 12.8 Å². The lowest BCUT2D eigenvalue weighted by molar-refractivity contribution is 0.507. The van der Waals surface area contributed by atoms with E-state index in [9.17, 15) is 4.79 Å². The predicted octanol–water partition coefficient (Wildman–Crippen LogP) is 0.600. The molecule has 1 atom stereocenters. The van der Waals surface area contributed by atoms with Gasteiger partial charge >= 0.3 is 0 Å². The Morgan fingerprint density at radius 1 is 1.46 bits per heavy atom. The van der Waals surface area contributed by atoms with E-state index in [1.54, 1.807) is 12.1 Å². The van der Waals surface area contributed by atoms with Crippen LogP contribution in [0.3, 0.4) is 0 Å². The SMILES string of the molecule is O=c1ccn(C[C@H]2CCCN2)cc1. The van der Waals surface area contributed by atoms with Crippen LogP contribution in [0.5, 0.6) is 0 Å². The summed E-state index contributed by atoms with van der Waals surface area (Å²) >= 11 is 0. The van der Waals surface area contributed by atoms with Gasteiger partial charge in [-0.3, -0.25) is 4.79 Å². The molecule has 0 aliphatic carbocycles. The van der Waals surface area contributed by atoms with Crippen molar-refractivity contribution in [1.82, 2.24) is 9.88 Å². The highest BCUT2D eigenvalue weighted by molar-refractivity contribution is 4.94. The van der Waals surface area contributed by atoms with Crippen LogP contribution in [0.4, 0.5) is 0 Å². The van der Waals surface area contributed by atoms with E-state index in [0.29, 0.717) is 6.04 Å². The Morgan fingerprint density at radius 2 is 2.23 bits per heavy atom. The highest BCUT2D eigenvalue weighted by Crippen LogP contribution is 2.06. The molecule has 70 valence electrons. The number of aromatic nitrogens is 1. The molecule has 0 amide bonds. The molecule has 1 N–H and O–H groups in total. The minimum Gasteiger partial charge on any atom is -0.352 e. The van der Waals surface area contributed by atoms with Gasteiger partial charge in [0.05, 0.1) is 0 Å². The Kier molecular flexibility index (Phi) is 2.45. The maximum atomic E-state index is 10.8. The van der Waals surface area contributed by atoms with Crippen LogP contribution in [0, 0.1) is 0 Å². The van der Waals surface area contributed by atoms with Gasteiger partial charge < -0.3 is 9.88 Å². The largest absolute Gasteiger partial charge is 0.352 e. The molecule has 1 aliphatic heterocycles. The van der Waals surface area contributed by atoms with E-state index in [0.717, 1.165) is 13.1 Å². The smallest absolute Gasteiger partial charge is 0.181 e. The molecular weight excluding hydrogens is 164 g/mol. The third kappa shape index (κ3) is 2.18. The second kappa shape index (κ2) is 3.75. The van der Waals surface area contributed by atoms with Gasteiger partial charge in [0.25, 0.3) is 0 Å². The number of rotatable bonds is 2. The van der Waals surface area contributed by atoms with Crippen LogP contribution >= 0.6 is 0 Å². The predicted molar refractivity (Wildman–Crippen MR) is 51.7 cm³/mol. The van der Waals surface area contributed by atoms with Gasteiger partial charge in [0.2, 0.25) is 0 Å². The number of hydrogen-bond donors (Lipinski definition) is 1. The first-order valence-corrected chi connectivity index (χ1v) is 4.74. The lowest BCUT2D eigenvalue weighted by Crippen LogP contribution is -2.26. The minimum absolute atomic E-state index is 0.0793. The summed E-state index contributed by atoms with van der Waals surface area (Å²) in [5, 5.41) is 3.42. The molecule has 1 saturated heterocycles. The molecule has 3 nitrogen and oxygen atoms in total. The Hall–Kier alpha value is -1.09. The van der Waals surface area contributed by atoms with Crippen molar-refractivity contribution in [3.8, 4) is 0 Å². The van der Waals surface area contributed by atoms with Crippen molar-refractivity contribution in [3.05, 3.63) is 34.7 Å². The number of nitrogens with one attached hydrogen (secondary N) is 1. The average Bonchev–Trinajstić information content (AvgIpc) is 2.62. The molecule has 0 aromatic carbocycles. The number of nitrogens with zero attached hydrogens (tertiary/aromatic N) is 1. The second-order valence-electron chi connectivity index (χ2n) is 3.52. The van der Waals surface area contributed by atoms with Crippen molar-refractivity contribution < 1.29 is 0 Å². The van der Waals surface area contributed by atoms with E-state index in [-0.39, 0.29) is 5.43 Å². The van der Waals surface area contributed by atoms with Gasteiger partial charge in [-0.05, 0) is 19.4 Å². The van der Waals surface area contributed by atoms with Crippen LogP contribution in [-0.4, -0.2) is 17.2 Å². The van der Waals surface area contributed by atoms with Crippen molar-refractivity contribution in [1.29, 1.82) is 0 Å². The van der Waals surface area contributed by atoms with Gasteiger partial charge in [-0.1, -0.05) is 0 Å². The maximum absolute atomic E-state index is 10.8. The van der Waals surface area contributed by atoms with E-state index in [4.69, 9.17) is 0 Å². The molecule has 1 fully saturated rings. The molecule has 1 aliphatic rings. The molecule has 13 heavy (non-hydrogen) atoms. The van der Waals surface area contributed by atoms with Crippen molar-refractivity contribution in [3.63, 3.8) is 0 Å². The monoisotopic (exact) mass is 178 g/mol. The highest BCUT2D eigenvalue weighted by Gasteiger charge is 2.13. The summed E-state index contributed by atoms with van der Waals surface area (Å²) < 4.78 is 2.06. The fourth-order valence-electron chi connectivity index (χ4n) is 1.73. The maximum Gasteiger partial charge on any atom is 0.181 e. The minimum atomic E-state index is 0.0793. The van der Waals surface area contributed by atoms with Crippen LogP contribution < -0.4 is 10.7 Å². The lowest BCUT2D eigenvalue weighted by Gasteiger charge is -2.12. The molecule has 0 spiro atoms. The first kappa shape index (κ1) is 8.51. The van der Waals surface area contributed by atoms with Gasteiger partial charge in [0, 0.05) is 37.1 Å². The molecular formula is C10H14N2O. The van der Waals surface area contributed by atoms with E-state index >= 15 is 0 Å². The Labute approximate surface area is 77.4 Å². The van der Waals surface area contributed by atoms with E-state index in [1.165, 1.54) is 12.8 Å². The highest BCUT2D eigenvalue weighted by atomic mass is 16.1. The molecule has 2 rings (SSSR count). The van der Waals surface area contributed by atoms with E-state index in [2.05, 4.69) is 9.88 Å². The second-order valence-corrected chi connectivity index (χ2v) is 3.52. The fraction of sp³-hybridized carbons (Fsp3) is 0.500. The summed E-state index contributed by atoms with van der Waals surface area (Å²) in [6, 6.07) is 3.80. The van der Waals surface area contributed by atoms with Crippen LogP contribution in [-0.2, 0) is 6.54 Å². The molecule has 1 aromatic heterocycles. The summed E-state index contributed by atoms with van der Waals surface area (Å²) in [4.78, 5) is 10.8. The summed E-state index contributed by atoms with van der Waals surface area (Å²) in [6.45, 7) is 2.10. The zero-order valence-electron chi connectivity index (χ0n) is 7.57. The molecule has 3 heteroatoms. The van der Waals surface area contributed by atoms with Gasteiger partial charge in [0.15, 0.2) is 5.43 Å². The third-order valence-corrected chi connectivity index (χ3v) is 2.45. The average molecular weight is 178 g/mol. The Morgan fingerprint density at radius 3 is 2.85 bits per heavy atom. The van der Waals surface area contributed by atoms with Gasteiger partial charge in [-0.25, -0.2) is 0 Å². The molecule has 0 radical (unpaired) electrons. The first-order valence-electron chi connectivity index (χ1n) is 4.74. The summed E-state index contributed by atoms with van der Waals surface area (Å²) in [7, 11) is 0. The zero-order valence-corrected chi connectivity index (χ0v) is 7.57. The van der Waals surface area contributed by atoms with Crippen molar-refractivity contribution >= 4 is 0 Å². The van der Waals surface area contributed by atoms with Crippen LogP contribution in [0.2, 0.25) is 0 Å². The molecule has 2 heterocycles.